The number of aliphatic imine (C=N–C) groups is 2. The SMILES string of the molecule is CC(C)C(=N)N=C1[N-]C(=O)c2ccccc21.CC(C)C(=N)N=C1[N-]C(=O)c2ccccc21.[Cu+2]. The third-order valence-electron chi connectivity index (χ3n) is 4.76. The van der Waals surface area contributed by atoms with E-state index in [0.29, 0.717) is 22.8 Å². The molecule has 0 bridgehead atoms. The van der Waals surface area contributed by atoms with Crippen LogP contribution in [-0.2, 0) is 17.1 Å². The van der Waals surface area contributed by atoms with Crippen molar-refractivity contribution in [1.82, 2.24) is 0 Å². The van der Waals surface area contributed by atoms with Gasteiger partial charge in [0.05, 0.1) is 0 Å². The average molecular weight is 492 g/mol. The van der Waals surface area contributed by atoms with E-state index in [0.717, 1.165) is 11.1 Å². The Morgan fingerprint density at radius 3 is 1.27 bits per heavy atom. The van der Waals surface area contributed by atoms with E-state index in [9.17, 15) is 9.59 Å². The second-order valence-electron chi connectivity index (χ2n) is 7.88. The Hall–Kier alpha value is -3.42. The average Bonchev–Trinajstić information content (AvgIpc) is 3.25. The van der Waals surface area contributed by atoms with E-state index in [2.05, 4.69) is 20.6 Å². The first kappa shape index (κ1) is 25.8. The Bertz CT molecular complexity index is 1080. The molecule has 2 amide bonds. The van der Waals surface area contributed by atoms with Crippen molar-refractivity contribution in [2.75, 3.05) is 0 Å². The molecule has 2 aromatic carbocycles. The van der Waals surface area contributed by atoms with Gasteiger partial charge >= 0.3 is 17.1 Å². The smallest absolute Gasteiger partial charge is 0.423 e. The fourth-order valence-electron chi connectivity index (χ4n) is 2.82. The van der Waals surface area contributed by atoms with Crippen LogP contribution in [0.2, 0.25) is 0 Å². The summed E-state index contributed by atoms with van der Waals surface area (Å²) < 4.78 is 0. The van der Waals surface area contributed by atoms with Crippen molar-refractivity contribution in [1.29, 1.82) is 10.8 Å². The van der Waals surface area contributed by atoms with Crippen molar-refractivity contribution in [2.45, 2.75) is 27.7 Å². The molecule has 0 atom stereocenters. The first-order valence-electron chi connectivity index (χ1n) is 10.2. The summed E-state index contributed by atoms with van der Waals surface area (Å²) in [6.45, 7) is 7.54. The maximum atomic E-state index is 11.5. The standard InChI is InChI=1S/2C12H13N3O.Cu/c2*1-7(2)10(13)14-11-8-5-3-4-6-9(8)12(16)15-11;/h2*3-7H,1-2H3,(H2,13,14,15,16);/q;;+2/p-2. The summed E-state index contributed by atoms with van der Waals surface area (Å²) in [5, 5.41) is 23.0. The molecule has 8 nitrogen and oxygen atoms in total. The summed E-state index contributed by atoms with van der Waals surface area (Å²) in [6, 6.07) is 14.3. The predicted octanol–water partition coefficient (Wildman–Crippen LogP) is 5.19. The molecule has 1 radical (unpaired) electrons. The van der Waals surface area contributed by atoms with Crippen LogP contribution in [0.5, 0.6) is 0 Å². The molecule has 0 fully saturated rings. The minimum absolute atomic E-state index is 0. The van der Waals surface area contributed by atoms with E-state index >= 15 is 0 Å². The second-order valence-corrected chi connectivity index (χ2v) is 7.88. The number of rotatable bonds is 2. The van der Waals surface area contributed by atoms with Gasteiger partial charge in [0.15, 0.2) is 11.8 Å². The topological polar surface area (TPSA) is 135 Å². The molecule has 0 saturated carbocycles. The Morgan fingerprint density at radius 2 is 0.970 bits per heavy atom. The summed E-state index contributed by atoms with van der Waals surface area (Å²) in [5.74, 6) is 0.720. The Morgan fingerprint density at radius 1 is 0.667 bits per heavy atom. The third-order valence-corrected chi connectivity index (χ3v) is 4.76. The minimum atomic E-state index is -0.272. The van der Waals surface area contributed by atoms with Crippen molar-refractivity contribution in [2.24, 2.45) is 21.8 Å². The number of hydrogen-bond donors (Lipinski definition) is 2. The van der Waals surface area contributed by atoms with E-state index in [4.69, 9.17) is 10.8 Å². The first-order valence-corrected chi connectivity index (χ1v) is 10.2. The Kier molecular flexibility index (Phi) is 8.56. The van der Waals surface area contributed by atoms with E-state index < -0.39 is 0 Å². The predicted molar refractivity (Wildman–Crippen MR) is 126 cm³/mol. The van der Waals surface area contributed by atoms with E-state index in [1.54, 1.807) is 36.4 Å². The van der Waals surface area contributed by atoms with Crippen molar-refractivity contribution in [3.63, 3.8) is 0 Å². The Balaban J connectivity index is 0.000000227. The van der Waals surface area contributed by atoms with Crippen LogP contribution >= 0.6 is 0 Å². The Labute approximate surface area is 203 Å². The molecule has 0 aliphatic carbocycles. The molecule has 0 spiro atoms. The van der Waals surface area contributed by atoms with Gasteiger partial charge < -0.3 is 31.4 Å². The summed E-state index contributed by atoms with van der Waals surface area (Å²) >= 11 is 0. The molecule has 2 aromatic rings. The zero-order valence-electron chi connectivity index (χ0n) is 18.7. The number of amides is 2. The molecule has 0 aromatic heterocycles. The summed E-state index contributed by atoms with van der Waals surface area (Å²) in [7, 11) is 0. The second kappa shape index (κ2) is 10.9. The zero-order chi connectivity index (χ0) is 23.4. The largest absolute Gasteiger partial charge is 2.00 e. The number of fused-ring (bicyclic) bond motifs is 2. The van der Waals surface area contributed by atoms with Crippen molar-refractivity contribution in [3.8, 4) is 0 Å². The fraction of sp³-hybridized carbons (Fsp3) is 0.250. The number of nitrogens with zero attached hydrogens (tertiary/aromatic N) is 4. The van der Waals surface area contributed by atoms with Crippen LogP contribution in [0.3, 0.4) is 0 Å². The van der Waals surface area contributed by atoms with Crippen LogP contribution in [0.1, 0.15) is 59.5 Å². The van der Waals surface area contributed by atoms with Gasteiger partial charge in [-0.2, -0.15) is 0 Å². The van der Waals surface area contributed by atoms with Crippen molar-refractivity contribution in [3.05, 3.63) is 81.4 Å². The molecular weight excluding hydrogens is 468 g/mol. The molecule has 0 unspecified atom stereocenters. The quantitative estimate of drug-likeness (QED) is 0.339. The van der Waals surface area contributed by atoms with Crippen LogP contribution in [0.15, 0.2) is 58.5 Å². The summed E-state index contributed by atoms with van der Waals surface area (Å²) in [5.41, 5.74) is 2.58. The molecule has 2 aliphatic heterocycles. The van der Waals surface area contributed by atoms with Gasteiger partial charge in [-0.25, -0.2) is 0 Å². The van der Waals surface area contributed by atoms with Crippen LogP contribution in [0.4, 0.5) is 0 Å². The van der Waals surface area contributed by atoms with E-state index in [-0.39, 0.29) is 52.4 Å². The maximum absolute atomic E-state index is 11.5. The third kappa shape index (κ3) is 5.88. The molecule has 33 heavy (non-hydrogen) atoms. The molecule has 0 saturated heterocycles. The van der Waals surface area contributed by atoms with Crippen LogP contribution < -0.4 is 0 Å². The molecular formula is C24H24CuN6O2. The van der Waals surface area contributed by atoms with Gasteiger partial charge in [0.1, 0.15) is 0 Å². The minimum Gasteiger partial charge on any atom is -0.423 e. The molecule has 9 heteroatoms. The van der Waals surface area contributed by atoms with Crippen LogP contribution in [-0.4, -0.2) is 35.2 Å². The molecule has 2 aliphatic rings. The van der Waals surface area contributed by atoms with E-state index in [1.807, 2.05) is 39.8 Å². The van der Waals surface area contributed by atoms with Crippen LogP contribution in [0, 0.1) is 22.7 Å². The molecule has 2 heterocycles. The molecule has 4 rings (SSSR count). The van der Waals surface area contributed by atoms with Gasteiger partial charge in [-0.1, -0.05) is 76.2 Å². The van der Waals surface area contributed by atoms with Gasteiger partial charge in [-0.15, -0.1) is 0 Å². The number of amidine groups is 4. The summed E-state index contributed by atoms with van der Waals surface area (Å²) in [6.07, 6.45) is 0. The molecule has 2 N–H and O–H groups in total. The van der Waals surface area contributed by atoms with Gasteiger partial charge in [0, 0.05) is 22.8 Å². The normalized spacial score (nSPS) is 15.9. The van der Waals surface area contributed by atoms with Crippen molar-refractivity contribution >= 4 is 35.2 Å². The van der Waals surface area contributed by atoms with E-state index in [1.165, 1.54) is 0 Å². The van der Waals surface area contributed by atoms with Crippen molar-refractivity contribution < 1.29 is 26.7 Å². The van der Waals surface area contributed by atoms with Gasteiger partial charge in [0.25, 0.3) is 0 Å². The van der Waals surface area contributed by atoms with Gasteiger partial charge in [-0.3, -0.25) is 9.59 Å². The zero-order valence-corrected chi connectivity index (χ0v) is 19.6. The van der Waals surface area contributed by atoms with Gasteiger partial charge in [-0.05, 0) is 34.6 Å². The molecule has 173 valence electrons. The number of hydrogen-bond acceptors (Lipinski definition) is 4. The number of benzene rings is 2. The van der Waals surface area contributed by atoms with Crippen LogP contribution in [0.25, 0.3) is 10.6 Å². The number of nitrogens with one attached hydrogen (secondary N) is 2. The number of carbonyl (C=O) groups excluding carboxylic acids is 2. The monoisotopic (exact) mass is 491 g/mol. The first-order chi connectivity index (χ1) is 15.2. The number of carbonyl (C=O) groups is 2. The maximum Gasteiger partial charge on any atom is 2.00 e. The summed E-state index contributed by atoms with van der Waals surface area (Å²) in [4.78, 5) is 31.2. The fourth-order valence-corrected chi connectivity index (χ4v) is 2.82. The van der Waals surface area contributed by atoms with Gasteiger partial charge in [0.2, 0.25) is 0 Å².